The third-order valence-corrected chi connectivity index (χ3v) is 7.63. The molecule has 9 nitrogen and oxygen atoms in total. The van der Waals surface area contributed by atoms with Crippen LogP contribution < -0.4 is 5.32 Å². The van der Waals surface area contributed by atoms with Gasteiger partial charge in [-0.25, -0.2) is 8.42 Å². The molecule has 1 N–H and O–H groups in total. The number of carbonyl (C=O) groups excluding carboxylic acids is 1. The quantitative estimate of drug-likeness (QED) is 0.583. The largest absolute Gasteiger partial charge is 0.454 e. The van der Waals surface area contributed by atoms with Crippen molar-refractivity contribution in [3.8, 4) is 0 Å². The molecule has 0 saturated carbocycles. The minimum absolute atomic E-state index is 0.106. The van der Waals surface area contributed by atoms with Crippen molar-refractivity contribution in [3.05, 3.63) is 64.3 Å². The van der Waals surface area contributed by atoms with Crippen molar-refractivity contribution in [3.63, 3.8) is 0 Å². The molecule has 4 rings (SSSR count). The number of furan rings is 1. The lowest BCUT2D eigenvalue weighted by Gasteiger charge is -2.26. The molecule has 32 heavy (non-hydrogen) atoms. The van der Waals surface area contributed by atoms with Crippen LogP contribution in [0.1, 0.15) is 27.7 Å². The summed E-state index contributed by atoms with van der Waals surface area (Å²) in [7, 11) is -3.66. The van der Waals surface area contributed by atoms with Gasteiger partial charge in [0.15, 0.2) is 5.76 Å². The van der Waals surface area contributed by atoms with Gasteiger partial charge < -0.3 is 14.5 Å². The van der Waals surface area contributed by atoms with E-state index in [1.165, 1.54) is 16.4 Å². The number of benzene rings is 1. The van der Waals surface area contributed by atoms with E-state index in [2.05, 4.69) is 10.4 Å². The first kappa shape index (κ1) is 22.5. The number of aromatic nitrogens is 2. The van der Waals surface area contributed by atoms with Crippen LogP contribution >= 0.6 is 11.6 Å². The third kappa shape index (κ3) is 4.58. The predicted octanol–water partition coefficient (Wildman–Crippen LogP) is 3.07. The van der Waals surface area contributed by atoms with Gasteiger partial charge in [0, 0.05) is 18.8 Å². The molecule has 0 unspecified atom stereocenters. The number of amides is 1. The predicted molar refractivity (Wildman–Crippen MR) is 118 cm³/mol. The van der Waals surface area contributed by atoms with Crippen molar-refractivity contribution in [2.75, 3.05) is 31.6 Å². The molecule has 1 aromatic carbocycles. The summed E-state index contributed by atoms with van der Waals surface area (Å²) in [5.41, 5.74) is 1.89. The van der Waals surface area contributed by atoms with E-state index in [0.29, 0.717) is 49.3 Å². The summed E-state index contributed by atoms with van der Waals surface area (Å²) in [5, 5.41) is 7.64. The second-order valence-corrected chi connectivity index (χ2v) is 9.72. The fourth-order valence-electron chi connectivity index (χ4n) is 3.42. The van der Waals surface area contributed by atoms with E-state index in [-0.39, 0.29) is 10.7 Å². The highest BCUT2D eigenvalue weighted by molar-refractivity contribution is 7.89. The number of anilines is 1. The van der Waals surface area contributed by atoms with Gasteiger partial charge in [0.1, 0.15) is 5.76 Å². The molecule has 0 spiro atoms. The molecule has 0 aliphatic carbocycles. The highest BCUT2D eigenvalue weighted by atomic mass is 35.5. The van der Waals surface area contributed by atoms with Gasteiger partial charge in [-0.15, -0.1) is 0 Å². The molecule has 3 aromatic rings. The third-order valence-electron chi connectivity index (χ3n) is 5.18. The molecule has 1 fully saturated rings. The summed E-state index contributed by atoms with van der Waals surface area (Å²) in [5.74, 6) is 0.165. The van der Waals surface area contributed by atoms with Crippen LogP contribution in [-0.4, -0.2) is 54.7 Å². The highest BCUT2D eigenvalue weighted by Crippen LogP contribution is 2.23. The number of nitrogens with zero attached hydrogens (tertiary/aromatic N) is 3. The Hall–Kier alpha value is -2.66. The maximum Gasteiger partial charge on any atom is 0.291 e. The summed E-state index contributed by atoms with van der Waals surface area (Å²) < 4.78 is 39.7. The summed E-state index contributed by atoms with van der Waals surface area (Å²) in [6.45, 7) is 5.33. The molecule has 3 heterocycles. The maximum atomic E-state index is 12.8. The lowest BCUT2D eigenvalue weighted by atomic mass is 10.3. The van der Waals surface area contributed by atoms with Crippen molar-refractivity contribution in [2.24, 2.45) is 0 Å². The second kappa shape index (κ2) is 9.07. The Morgan fingerprint density at radius 1 is 1.19 bits per heavy atom. The lowest BCUT2D eigenvalue weighted by molar-refractivity contribution is 0.0730. The van der Waals surface area contributed by atoms with Gasteiger partial charge in [0.2, 0.25) is 10.0 Å². The summed E-state index contributed by atoms with van der Waals surface area (Å²) in [4.78, 5) is 12.8. The lowest BCUT2D eigenvalue weighted by Crippen LogP contribution is -2.40. The monoisotopic (exact) mass is 478 g/mol. The molecule has 2 aromatic heterocycles. The minimum atomic E-state index is -3.66. The molecule has 1 aliphatic heterocycles. The highest BCUT2D eigenvalue weighted by Gasteiger charge is 2.26. The number of hydrogen-bond acceptors (Lipinski definition) is 6. The van der Waals surface area contributed by atoms with Crippen LogP contribution in [0.4, 0.5) is 5.69 Å². The average molecular weight is 479 g/mol. The molecule has 0 atom stereocenters. The van der Waals surface area contributed by atoms with Crippen LogP contribution in [0.5, 0.6) is 0 Å². The van der Waals surface area contributed by atoms with E-state index in [0.717, 1.165) is 11.4 Å². The molecule has 11 heteroatoms. The second-order valence-electron chi connectivity index (χ2n) is 7.41. The first-order valence-electron chi connectivity index (χ1n) is 10.0. The van der Waals surface area contributed by atoms with Gasteiger partial charge in [-0.05, 0) is 44.2 Å². The van der Waals surface area contributed by atoms with Crippen molar-refractivity contribution in [1.82, 2.24) is 14.1 Å². The van der Waals surface area contributed by atoms with Gasteiger partial charge in [0.05, 0.1) is 41.1 Å². The molecule has 1 amide bonds. The van der Waals surface area contributed by atoms with E-state index in [1.807, 2.05) is 13.8 Å². The van der Waals surface area contributed by atoms with Crippen LogP contribution in [0, 0.1) is 13.8 Å². The smallest absolute Gasteiger partial charge is 0.291 e. The Labute approximate surface area is 191 Å². The van der Waals surface area contributed by atoms with Gasteiger partial charge >= 0.3 is 0 Å². The van der Waals surface area contributed by atoms with Crippen molar-refractivity contribution in [2.45, 2.75) is 25.3 Å². The SMILES string of the molecule is Cc1nn(Cc2ccc(C(=O)Nc3cccc(S(=O)(=O)N4CCOCC4)c3)o2)c(C)c1Cl. The molecule has 0 bridgehead atoms. The number of sulfonamides is 1. The number of carbonyl (C=O) groups is 1. The number of hydrogen-bond donors (Lipinski definition) is 1. The molecular weight excluding hydrogens is 456 g/mol. The normalized spacial score (nSPS) is 15.1. The van der Waals surface area contributed by atoms with E-state index >= 15 is 0 Å². The minimum Gasteiger partial charge on any atom is -0.454 e. The van der Waals surface area contributed by atoms with Crippen LogP contribution in [0.25, 0.3) is 0 Å². The van der Waals surface area contributed by atoms with E-state index in [4.69, 9.17) is 20.8 Å². The zero-order chi connectivity index (χ0) is 22.9. The topological polar surface area (TPSA) is 107 Å². The van der Waals surface area contributed by atoms with E-state index < -0.39 is 15.9 Å². The Morgan fingerprint density at radius 3 is 2.62 bits per heavy atom. The van der Waals surface area contributed by atoms with Crippen molar-refractivity contribution < 1.29 is 22.4 Å². The maximum absolute atomic E-state index is 12.8. The first-order valence-corrected chi connectivity index (χ1v) is 11.8. The fraction of sp³-hybridized carbons (Fsp3) is 0.333. The molecular formula is C21H23ClN4O5S. The summed E-state index contributed by atoms with van der Waals surface area (Å²) in [6.07, 6.45) is 0. The number of morpholine rings is 1. The van der Waals surface area contributed by atoms with Crippen LogP contribution in [-0.2, 0) is 21.3 Å². The number of ether oxygens (including phenoxy) is 1. The summed E-state index contributed by atoms with van der Waals surface area (Å²) in [6, 6.07) is 9.40. The van der Waals surface area contributed by atoms with E-state index in [9.17, 15) is 13.2 Å². The van der Waals surface area contributed by atoms with Gasteiger partial charge in [0.25, 0.3) is 5.91 Å². The Morgan fingerprint density at radius 2 is 1.94 bits per heavy atom. The first-order chi connectivity index (χ1) is 15.3. The number of nitrogens with one attached hydrogen (secondary N) is 1. The fourth-order valence-corrected chi connectivity index (χ4v) is 5.01. The van der Waals surface area contributed by atoms with Gasteiger partial charge in [-0.3, -0.25) is 9.48 Å². The van der Waals surface area contributed by atoms with E-state index in [1.54, 1.807) is 28.9 Å². The molecule has 1 aliphatic rings. The van der Waals surface area contributed by atoms with Gasteiger partial charge in [-0.1, -0.05) is 17.7 Å². The number of aryl methyl sites for hydroxylation is 1. The standard InChI is InChI=1S/C21H23ClN4O5S/c1-14-20(22)15(2)26(24-14)13-17-6-7-19(31-17)21(27)23-16-4-3-5-18(12-16)32(28,29)25-8-10-30-11-9-25/h3-7,12H,8-11,13H2,1-2H3,(H,23,27). The Balaban J connectivity index is 1.46. The Bertz CT molecular complexity index is 1240. The summed E-state index contributed by atoms with van der Waals surface area (Å²) >= 11 is 6.17. The van der Waals surface area contributed by atoms with Crippen molar-refractivity contribution >= 4 is 33.2 Å². The zero-order valence-corrected chi connectivity index (χ0v) is 19.2. The Kier molecular flexibility index (Phi) is 6.38. The molecule has 0 radical (unpaired) electrons. The van der Waals surface area contributed by atoms with Crippen LogP contribution in [0.15, 0.2) is 45.7 Å². The van der Waals surface area contributed by atoms with Gasteiger partial charge in [-0.2, -0.15) is 9.40 Å². The average Bonchev–Trinajstić information content (AvgIpc) is 3.35. The van der Waals surface area contributed by atoms with Crippen molar-refractivity contribution in [1.29, 1.82) is 0 Å². The molecule has 170 valence electrons. The zero-order valence-electron chi connectivity index (χ0n) is 17.7. The number of halogens is 1. The number of rotatable bonds is 6. The van der Waals surface area contributed by atoms with Crippen LogP contribution in [0.3, 0.4) is 0 Å². The molecule has 1 saturated heterocycles. The van der Waals surface area contributed by atoms with Crippen LogP contribution in [0.2, 0.25) is 5.02 Å².